The topological polar surface area (TPSA) is 82.1 Å². The number of ether oxygens (including phenoxy) is 3. The van der Waals surface area contributed by atoms with Crippen molar-refractivity contribution in [2.45, 2.75) is 192 Å². The fraction of sp³-hybridized carbons (Fsp3) is 0.841. The van der Waals surface area contributed by atoms with Crippen molar-refractivity contribution in [3.8, 4) is 0 Å². The van der Waals surface area contributed by atoms with E-state index < -0.39 is 0 Å². The van der Waals surface area contributed by atoms with Gasteiger partial charge < -0.3 is 19.1 Å². The van der Waals surface area contributed by atoms with Gasteiger partial charge in [-0.05, 0) is 103 Å². The zero-order valence-electron chi connectivity index (χ0n) is 33.1. The van der Waals surface area contributed by atoms with Crippen LogP contribution in [0.4, 0.5) is 0 Å². The van der Waals surface area contributed by atoms with Gasteiger partial charge in [0.05, 0.1) is 26.1 Å². The summed E-state index contributed by atoms with van der Waals surface area (Å²) >= 11 is 0. The van der Waals surface area contributed by atoms with Crippen LogP contribution in [0.2, 0.25) is 0 Å². The van der Waals surface area contributed by atoms with Gasteiger partial charge in [0.2, 0.25) is 0 Å². The Balaban J connectivity index is 1.71. The van der Waals surface area contributed by atoms with Gasteiger partial charge in [-0.3, -0.25) is 14.4 Å². The standard InChI is InChI=1S/C44H77NO6/c1-45(2)38-40-35-39(36-40)37-44(48)51-41-29-23-17-11-5-3-7-13-19-25-31-42(46)49-33-27-21-15-9-10-16-22-28-34-50-43(47)32-26-20-14-8-4-6-12-18-24-30-41/h19-20,25-26,39-41H,3-18,21-24,27-38H2,1-2H3. The summed E-state index contributed by atoms with van der Waals surface area (Å²) in [6.45, 7) is 2.16. The van der Waals surface area contributed by atoms with Gasteiger partial charge >= 0.3 is 17.9 Å². The number of esters is 3. The van der Waals surface area contributed by atoms with Crippen LogP contribution in [0.3, 0.4) is 0 Å². The van der Waals surface area contributed by atoms with E-state index in [1.54, 1.807) is 0 Å². The third kappa shape index (κ3) is 27.2. The largest absolute Gasteiger partial charge is 0.465 e. The van der Waals surface area contributed by atoms with Crippen LogP contribution in [0, 0.1) is 11.8 Å². The van der Waals surface area contributed by atoms with E-state index in [9.17, 15) is 14.4 Å². The van der Waals surface area contributed by atoms with E-state index in [-0.39, 0.29) is 24.0 Å². The summed E-state index contributed by atoms with van der Waals surface area (Å²) in [6.07, 6.45) is 39.0. The van der Waals surface area contributed by atoms with Crippen molar-refractivity contribution < 1.29 is 28.6 Å². The molecule has 51 heavy (non-hydrogen) atoms. The van der Waals surface area contributed by atoms with Crippen LogP contribution in [0.15, 0.2) is 24.3 Å². The lowest BCUT2D eigenvalue weighted by Crippen LogP contribution is -2.34. The summed E-state index contributed by atoms with van der Waals surface area (Å²) in [7, 11) is 4.25. The summed E-state index contributed by atoms with van der Waals surface area (Å²) in [4.78, 5) is 39.1. The average Bonchev–Trinajstić information content (AvgIpc) is 3.08. The van der Waals surface area contributed by atoms with Crippen molar-refractivity contribution in [1.82, 2.24) is 4.90 Å². The zero-order chi connectivity index (χ0) is 36.6. The molecule has 7 nitrogen and oxygen atoms in total. The van der Waals surface area contributed by atoms with E-state index in [4.69, 9.17) is 14.2 Å². The van der Waals surface area contributed by atoms with Crippen molar-refractivity contribution >= 4 is 17.9 Å². The minimum atomic E-state index is -0.123. The fourth-order valence-corrected chi connectivity index (χ4v) is 7.47. The van der Waals surface area contributed by atoms with Crippen molar-refractivity contribution in [2.24, 2.45) is 11.8 Å². The maximum Gasteiger partial charge on any atom is 0.309 e. The molecule has 0 spiro atoms. The average molecular weight is 716 g/mol. The minimum Gasteiger partial charge on any atom is -0.465 e. The molecule has 0 bridgehead atoms. The number of allylic oxidation sites excluding steroid dienone is 2. The molecule has 1 fully saturated rings. The van der Waals surface area contributed by atoms with E-state index in [2.05, 4.69) is 31.1 Å². The van der Waals surface area contributed by atoms with Gasteiger partial charge in [0.25, 0.3) is 0 Å². The first kappa shape index (κ1) is 45.0. The van der Waals surface area contributed by atoms with Gasteiger partial charge in [-0.1, -0.05) is 114 Å². The highest BCUT2D eigenvalue weighted by Crippen LogP contribution is 2.36. The molecule has 7 heteroatoms. The summed E-state index contributed by atoms with van der Waals surface area (Å²) < 4.78 is 16.9. The summed E-state index contributed by atoms with van der Waals surface area (Å²) in [5.74, 6) is 1.01. The second kappa shape index (κ2) is 31.4. The molecule has 0 amide bonds. The smallest absolute Gasteiger partial charge is 0.309 e. The SMILES string of the molecule is CN(C)CC1CC(CC(=O)OC2CCCCCCCCC=CCC(=O)OCCCCCCCCCCOC(=O)CC=CCCCCCCCC2)C1. The predicted octanol–water partition coefficient (Wildman–Crippen LogP) is 11.2. The Morgan fingerprint density at radius 1 is 0.588 bits per heavy atom. The summed E-state index contributed by atoms with van der Waals surface area (Å²) in [5.41, 5.74) is 0. The van der Waals surface area contributed by atoms with Gasteiger partial charge in [0, 0.05) is 13.0 Å². The molecule has 0 aromatic rings. The lowest BCUT2D eigenvalue weighted by molar-refractivity contribution is -0.152. The van der Waals surface area contributed by atoms with Crippen LogP contribution in [0.1, 0.15) is 186 Å². The third-order valence-electron chi connectivity index (χ3n) is 10.5. The Labute approximate surface area is 313 Å². The Morgan fingerprint density at radius 3 is 1.45 bits per heavy atom. The molecular weight excluding hydrogens is 638 g/mol. The maximum atomic E-state index is 12.9. The number of hydrogen-bond donors (Lipinski definition) is 0. The first-order valence-corrected chi connectivity index (χ1v) is 21.4. The molecule has 294 valence electrons. The molecule has 0 aromatic heterocycles. The van der Waals surface area contributed by atoms with Crippen LogP contribution in [0.25, 0.3) is 0 Å². The number of carbonyl (C=O) groups is 3. The Hall–Kier alpha value is -2.15. The lowest BCUT2D eigenvalue weighted by atomic mass is 9.73. The molecular formula is C44H77NO6. The second-order valence-corrected chi connectivity index (χ2v) is 15.8. The van der Waals surface area contributed by atoms with Gasteiger partial charge in [-0.25, -0.2) is 0 Å². The van der Waals surface area contributed by atoms with E-state index >= 15 is 0 Å². The number of hydrogen-bond acceptors (Lipinski definition) is 7. The van der Waals surface area contributed by atoms with Crippen LogP contribution >= 0.6 is 0 Å². The van der Waals surface area contributed by atoms with Gasteiger partial charge in [0.1, 0.15) is 6.10 Å². The van der Waals surface area contributed by atoms with Crippen molar-refractivity contribution in [3.05, 3.63) is 24.3 Å². The molecule has 0 saturated heterocycles. The monoisotopic (exact) mass is 716 g/mol. The molecule has 0 radical (unpaired) electrons. The molecule has 0 unspecified atom stereocenters. The van der Waals surface area contributed by atoms with E-state index in [0.717, 1.165) is 102 Å². The molecule has 0 N–H and O–H groups in total. The first-order valence-electron chi connectivity index (χ1n) is 21.4. The van der Waals surface area contributed by atoms with Crippen LogP contribution in [0.5, 0.6) is 0 Å². The molecule has 1 aliphatic heterocycles. The quantitative estimate of drug-likeness (QED) is 0.159. The number of cyclic esters (lactones) is 2. The van der Waals surface area contributed by atoms with Gasteiger partial charge in [-0.2, -0.15) is 0 Å². The molecule has 0 atom stereocenters. The molecule has 1 heterocycles. The zero-order valence-corrected chi connectivity index (χ0v) is 33.1. The second-order valence-electron chi connectivity index (χ2n) is 15.8. The van der Waals surface area contributed by atoms with Crippen LogP contribution in [-0.2, 0) is 28.6 Å². The fourth-order valence-electron chi connectivity index (χ4n) is 7.47. The highest BCUT2D eigenvalue weighted by atomic mass is 16.5. The van der Waals surface area contributed by atoms with E-state index in [0.29, 0.717) is 38.4 Å². The van der Waals surface area contributed by atoms with Gasteiger partial charge in [-0.15, -0.1) is 0 Å². The van der Waals surface area contributed by atoms with Crippen LogP contribution < -0.4 is 0 Å². The molecule has 1 saturated carbocycles. The van der Waals surface area contributed by atoms with E-state index in [1.165, 1.54) is 77.0 Å². The van der Waals surface area contributed by atoms with Crippen LogP contribution in [-0.4, -0.2) is 62.8 Å². The van der Waals surface area contributed by atoms with Crippen molar-refractivity contribution in [1.29, 1.82) is 0 Å². The predicted molar refractivity (Wildman–Crippen MR) is 210 cm³/mol. The molecule has 2 rings (SSSR count). The van der Waals surface area contributed by atoms with Crippen molar-refractivity contribution in [3.63, 3.8) is 0 Å². The lowest BCUT2D eigenvalue weighted by Gasteiger charge is -2.36. The Kier molecular flexibility index (Phi) is 27.7. The highest BCUT2D eigenvalue weighted by molar-refractivity contribution is 5.71. The molecule has 0 aromatic carbocycles. The highest BCUT2D eigenvalue weighted by Gasteiger charge is 2.31. The Morgan fingerprint density at radius 2 is 1.00 bits per heavy atom. The van der Waals surface area contributed by atoms with Gasteiger partial charge in [0.15, 0.2) is 0 Å². The van der Waals surface area contributed by atoms with Crippen molar-refractivity contribution in [2.75, 3.05) is 33.9 Å². The Bertz CT molecular complexity index is 886. The van der Waals surface area contributed by atoms with E-state index in [1.807, 2.05) is 12.2 Å². The number of carbonyl (C=O) groups excluding carboxylic acids is 3. The molecule has 1 aliphatic carbocycles. The number of nitrogens with zero attached hydrogens (tertiary/aromatic N) is 1. The number of rotatable bonds is 5. The molecule has 2 aliphatic rings. The summed E-state index contributed by atoms with van der Waals surface area (Å²) in [6, 6.07) is 0. The first-order chi connectivity index (χ1) is 24.9. The minimum absolute atomic E-state index is 0.0198. The maximum absolute atomic E-state index is 12.9. The summed E-state index contributed by atoms with van der Waals surface area (Å²) in [5, 5.41) is 0. The third-order valence-corrected chi connectivity index (χ3v) is 10.5. The normalized spacial score (nSPS) is 25.5.